The Hall–Kier alpha value is -4.05. The zero-order valence-corrected chi connectivity index (χ0v) is 25.7. The monoisotopic (exact) mass is 542 g/mol. The van der Waals surface area contributed by atoms with E-state index in [0.29, 0.717) is 0 Å². The molecule has 3 heterocycles. The molecule has 0 bridgehead atoms. The van der Waals surface area contributed by atoms with Crippen molar-refractivity contribution in [1.82, 2.24) is 14.8 Å². The number of hydrogen-bond donors (Lipinski definition) is 0. The van der Waals surface area contributed by atoms with Crippen molar-refractivity contribution in [2.75, 3.05) is 25.7 Å². The van der Waals surface area contributed by atoms with Gasteiger partial charge in [0.05, 0.1) is 23.7 Å². The first kappa shape index (κ1) is 27.1. The first-order valence-corrected chi connectivity index (χ1v) is 14.6. The summed E-state index contributed by atoms with van der Waals surface area (Å²) in [6.07, 6.45) is 4.43. The number of anilines is 2. The van der Waals surface area contributed by atoms with E-state index >= 15 is 0 Å². The van der Waals surface area contributed by atoms with Crippen molar-refractivity contribution < 1.29 is 0 Å². The number of aromatic nitrogens is 1. The zero-order chi connectivity index (χ0) is 29.2. The number of fused-ring (bicyclic) bond motifs is 2. The first-order valence-electron chi connectivity index (χ1n) is 14.6. The molecule has 0 saturated heterocycles. The largest absolute Gasteiger partial charge is 0.362 e. The van der Waals surface area contributed by atoms with Crippen molar-refractivity contribution in [3.8, 4) is 11.3 Å². The van der Waals surface area contributed by atoms with Gasteiger partial charge >= 0.3 is 0 Å². The summed E-state index contributed by atoms with van der Waals surface area (Å²) in [6, 6.07) is 31.0. The summed E-state index contributed by atoms with van der Waals surface area (Å²) in [7, 11) is 4.38. The zero-order valence-electron chi connectivity index (χ0n) is 25.7. The molecular formula is C37H42N4. The SMILES string of the molecule is CN1C=CN([C@]2(c3cccc(-c4ccccc4)n3)c3ccc(C(C)(C)C)cc3N(C)c3c(C(C)(C)C)cccc32)C1. The lowest BCUT2D eigenvalue weighted by Gasteiger charge is -2.50. The van der Waals surface area contributed by atoms with Gasteiger partial charge in [-0.15, -0.1) is 0 Å². The molecule has 3 aromatic carbocycles. The number of para-hydroxylation sites is 1. The van der Waals surface area contributed by atoms with Crippen molar-refractivity contribution in [2.24, 2.45) is 0 Å². The van der Waals surface area contributed by atoms with Gasteiger partial charge in [0.15, 0.2) is 0 Å². The summed E-state index contributed by atoms with van der Waals surface area (Å²) in [4.78, 5) is 12.6. The van der Waals surface area contributed by atoms with E-state index in [9.17, 15) is 0 Å². The Bertz CT molecular complexity index is 1620. The van der Waals surface area contributed by atoms with E-state index in [1.165, 1.54) is 33.6 Å². The molecule has 4 aromatic rings. The van der Waals surface area contributed by atoms with Crippen LogP contribution >= 0.6 is 0 Å². The van der Waals surface area contributed by atoms with Gasteiger partial charge in [-0.3, -0.25) is 0 Å². The van der Waals surface area contributed by atoms with Crippen LogP contribution in [-0.4, -0.2) is 35.5 Å². The van der Waals surface area contributed by atoms with Crippen LogP contribution in [0.1, 0.15) is 69.5 Å². The highest BCUT2D eigenvalue weighted by Crippen LogP contribution is 2.56. The molecule has 0 aliphatic carbocycles. The lowest BCUT2D eigenvalue weighted by atomic mass is 9.70. The highest BCUT2D eigenvalue weighted by Gasteiger charge is 2.51. The van der Waals surface area contributed by atoms with Crippen LogP contribution < -0.4 is 4.90 Å². The summed E-state index contributed by atoms with van der Waals surface area (Å²) in [5.74, 6) is 0. The van der Waals surface area contributed by atoms with Crippen molar-refractivity contribution >= 4 is 11.4 Å². The highest BCUT2D eigenvalue weighted by atomic mass is 15.4. The molecule has 0 amide bonds. The summed E-state index contributed by atoms with van der Waals surface area (Å²) < 4.78 is 0. The Kier molecular flexibility index (Phi) is 6.29. The van der Waals surface area contributed by atoms with Crippen LogP contribution in [-0.2, 0) is 16.4 Å². The number of pyridine rings is 1. The molecule has 1 aromatic heterocycles. The molecule has 6 rings (SSSR count). The van der Waals surface area contributed by atoms with E-state index in [2.05, 4.69) is 168 Å². The fourth-order valence-corrected chi connectivity index (χ4v) is 6.53. The van der Waals surface area contributed by atoms with Crippen LogP contribution in [0.4, 0.5) is 11.4 Å². The van der Waals surface area contributed by atoms with Crippen molar-refractivity contribution in [3.63, 3.8) is 0 Å². The van der Waals surface area contributed by atoms with Crippen LogP contribution in [0, 0.1) is 0 Å². The maximum absolute atomic E-state index is 5.48. The standard InChI is InChI=1S/C37H42N4/c1-35(2,3)27-20-21-28-32(24-27)40(8)34-29(36(4,5)6)16-12-17-30(34)37(28,41-23-22-39(7)25-41)33-19-13-18-31(38-33)26-14-10-9-11-15-26/h9-24H,25H2,1-8H3/t37-/m1/s1. The smallest absolute Gasteiger partial charge is 0.138 e. The molecule has 4 heteroatoms. The molecule has 0 unspecified atom stereocenters. The van der Waals surface area contributed by atoms with Gasteiger partial charge in [-0.2, -0.15) is 0 Å². The second kappa shape index (κ2) is 9.51. The third-order valence-electron chi connectivity index (χ3n) is 8.68. The molecule has 2 aliphatic heterocycles. The minimum atomic E-state index is -0.624. The average molecular weight is 543 g/mol. The number of nitrogens with zero attached hydrogens (tertiary/aromatic N) is 4. The molecular weight excluding hydrogens is 500 g/mol. The summed E-state index contributed by atoms with van der Waals surface area (Å²) in [6.45, 7) is 14.6. The van der Waals surface area contributed by atoms with Gasteiger partial charge in [-0.25, -0.2) is 4.98 Å². The van der Waals surface area contributed by atoms with Crippen LogP contribution in [0.25, 0.3) is 11.3 Å². The van der Waals surface area contributed by atoms with Gasteiger partial charge in [0.2, 0.25) is 0 Å². The molecule has 0 fully saturated rings. The molecule has 41 heavy (non-hydrogen) atoms. The Morgan fingerprint density at radius 2 is 1.44 bits per heavy atom. The molecule has 210 valence electrons. The van der Waals surface area contributed by atoms with Gasteiger partial charge in [0.1, 0.15) is 5.54 Å². The van der Waals surface area contributed by atoms with E-state index in [-0.39, 0.29) is 10.8 Å². The van der Waals surface area contributed by atoms with Crippen LogP contribution in [0.5, 0.6) is 0 Å². The predicted octanol–water partition coefficient (Wildman–Crippen LogP) is 8.39. The maximum Gasteiger partial charge on any atom is 0.138 e. The Morgan fingerprint density at radius 1 is 0.707 bits per heavy atom. The lowest BCUT2D eigenvalue weighted by molar-refractivity contribution is 0.189. The van der Waals surface area contributed by atoms with Crippen molar-refractivity contribution in [3.05, 3.63) is 125 Å². The van der Waals surface area contributed by atoms with E-state index < -0.39 is 5.54 Å². The molecule has 0 radical (unpaired) electrons. The Morgan fingerprint density at radius 3 is 2.10 bits per heavy atom. The first-order chi connectivity index (χ1) is 19.4. The van der Waals surface area contributed by atoms with Crippen LogP contribution in [0.2, 0.25) is 0 Å². The van der Waals surface area contributed by atoms with E-state index in [1.807, 2.05) is 0 Å². The summed E-state index contributed by atoms with van der Waals surface area (Å²) in [5.41, 5.74) is 10.2. The third kappa shape index (κ3) is 4.32. The van der Waals surface area contributed by atoms with Gasteiger partial charge in [-0.05, 0) is 40.2 Å². The van der Waals surface area contributed by atoms with Crippen LogP contribution in [0.15, 0.2) is 97.3 Å². The molecule has 0 spiro atoms. The minimum absolute atomic E-state index is 0.0294. The number of rotatable bonds is 3. The summed E-state index contributed by atoms with van der Waals surface area (Å²) in [5, 5.41) is 0. The fourth-order valence-electron chi connectivity index (χ4n) is 6.53. The average Bonchev–Trinajstić information content (AvgIpc) is 3.39. The quantitative estimate of drug-likeness (QED) is 0.259. The molecule has 0 saturated carbocycles. The number of hydrogen-bond acceptors (Lipinski definition) is 4. The van der Waals surface area contributed by atoms with Gasteiger partial charge in [0, 0.05) is 48.9 Å². The van der Waals surface area contributed by atoms with E-state index in [1.54, 1.807) is 0 Å². The van der Waals surface area contributed by atoms with E-state index in [0.717, 1.165) is 23.6 Å². The predicted molar refractivity (Wildman–Crippen MR) is 172 cm³/mol. The second-order valence-electron chi connectivity index (χ2n) is 13.6. The minimum Gasteiger partial charge on any atom is -0.362 e. The summed E-state index contributed by atoms with van der Waals surface area (Å²) >= 11 is 0. The molecule has 1 atom stereocenters. The molecule has 0 N–H and O–H groups in total. The van der Waals surface area contributed by atoms with Gasteiger partial charge in [-0.1, -0.05) is 108 Å². The maximum atomic E-state index is 5.48. The Labute approximate surface area is 246 Å². The van der Waals surface area contributed by atoms with Crippen molar-refractivity contribution in [1.29, 1.82) is 0 Å². The number of benzene rings is 3. The fraction of sp³-hybridized carbons (Fsp3) is 0.324. The molecule has 4 nitrogen and oxygen atoms in total. The Balaban J connectivity index is 1.75. The molecule has 2 aliphatic rings. The van der Waals surface area contributed by atoms with Gasteiger partial charge < -0.3 is 14.7 Å². The van der Waals surface area contributed by atoms with Crippen molar-refractivity contribution in [2.45, 2.75) is 57.9 Å². The van der Waals surface area contributed by atoms with Crippen LogP contribution in [0.3, 0.4) is 0 Å². The second-order valence-corrected chi connectivity index (χ2v) is 13.6. The normalized spacial score (nSPS) is 18.5. The van der Waals surface area contributed by atoms with Gasteiger partial charge in [0.25, 0.3) is 0 Å². The third-order valence-corrected chi connectivity index (χ3v) is 8.68. The topological polar surface area (TPSA) is 22.6 Å². The highest BCUT2D eigenvalue weighted by molar-refractivity contribution is 5.83. The van der Waals surface area contributed by atoms with E-state index in [4.69, 9.17) is 4.98 Å². The lowest BCUT2D eigenvalue weighted by Crippen LogP contribution is -2.50.